The number of thiazole rings is 1. The first kappa shape index (κ1) is 21.5. The summed E-state index contributed by atoms with van der Waals surface area (Å²) in [4.78, 5) is 47.2. The molecule has 2 aliphatic rings. The quantitative estimate of drug-likeness (QED) is 0.692. The van der Waals surface area contributed by atoms with E-state index in [0.29, 0.717) is 28.6 Å². The number of rotatable bonds is 6. The van der Waals surface area contributed by atoms with E-state index in [1.807, 2.05) is 6.92 Å². The zero-order valence-corrected chi connectivity index (χ0v) is 18.8. The summed E-state index contributed by atoms with van der Waals surface area (Å²) < 4.78 is 5.68. The topological polar surface area (TPSA) is 91.8 Å². The van der Waals surface area contributed by atoms with Crippen LogP contribution in [-0.2, 0) is 22.6 Å². The van der Waals surface area contributed by atoms with E-state index in [1.54, 1.807) is 25.1 Å². The van der Waals surface area contributed by atoms with Crippen molar-refractivity contribution in [3.05, 3.63) is 34.3 Å². The highest BCUT2D eigenvalue weighted by Gasteiger charge is 2.33. The van der Waals surface area contributed by atoms with Gasteiger partial charge in [0.2, 0.25) is 5.91 Å². The number of Topliss-reactive ketones (excluding diaryl/α,β-unsaturated/α-hetero) is 1. The highest BCUT2D eigenvalue weighted by atomic mass is 32.1. The molecule has 0 radical (unpaired) electrons. The molecule has 9 heteroatoms. The third-order valence-corrected chi connectivity index (χ3v) is 6.43. The molecule has 2 amide bonds. The number of hydrogen-bond acceptors (Lipinski definition) is 7. The fraction of sp³-hybridized carbons (Fsp3) is 0.455. The Morgan fingerprint density at radius 3 is 2.94 bits per heavy atom. The van der Waals surface area contributed by atoms with Crippen molar-refractivity contribution in [2.24, 2.45) is 0 Å². The molecule has 2 aromatic rings. The Labute approximate surface area is 185 Å². The smallest absolute Gasteiger partial charge is 0.268 e. The number of aromatic nitrogens is 1. The number of likely N-dealkylation sites (N-methyl/N-ethyl adjacent to an activating group) is 1. The molecule has 3 heterocycles. The average molecular weight is 443 g/mol. The third-order valence-electron chi connectivity index (χ3n) is 5.44. The number of anilines is 2. The summed E-state index contributed by atoms with van der Waals surface area (Å²) in [6.45, 7) is 5.19. The van der Waals surface area contributed by atoms with Gasteiger partial charge >= 0.3 is 0 Å². The van der Waals surface area contributed by atoms with Crippen LogP contribution in [-0.4, -0.2) is 53.7 Å². The molecule has 0 bridgehead atoms. The first-order valence-corrected chi connectivity index (χ1v) is 11.3. The van der Waals surface area contributed by atoms with Gasteiger partial charge in [0.25, 0.3) is 5.91 Å². The lowest BCUT2D eigenvalue weighted by molar-refractivity contribution is -0.127. The van der Waals surface area contributed by atoms with Gasteiger partial charge in [-0.2, -0.15) is 0 Å². The van der Waals surface area contributed by atoms with Crippen LogP contribution in [0.25, 0.3) is 0 Å². The molecule has 1 N–H and O–H groups in total. The second-order valence-electron chi connectivity index (χ2n) is 7.96. The number of carbonyl (C=O) groups excluding carboxylic acids is 3. The Balaban J connectivity index is 1.53. The second-order valence-corrected chi connectivity index (χ2v) is 9.05. The SMILES string of the molecule is CCCC(=O)c1ccc2c(c1)N(CC(=O)Nc1nc3c(s1)CN(C)CC3)C(=O)C(C)O2. The minimum atomic E-state index is -0.708. The van der Waals surface area contributed by atoms with Gasteiger partial charge in [-0.3, -0.25) is 19.3 Å². The van der Waals surface area contributed by atoms with Crippen molar-refractivity contribution >= 4 is 39.8 Å². The molecule has 2 aliphatic heterocycles. The van der Waals surface area contributed by atoms with E-state index in [-0.39, 0.29) is 24.1 Å². The summed E-state index contributed by atoms with van der Waals surface area (Å²) in [6.07, 6.45) is 1.32. The van der Waals surface area contributed by atoms with Crippen molar-refractivity contribution in [1.82, 2.24) is 9.88 Å². The number of ether oxygens (including phenoxy) is 1. The lowest BCUT2D eigenvalue weighted by atomic mass is 10.0. The predicted octanol–water partition coefficient (Wildman–Crippen LogP) is 2.87. The molecular weight excluding hydrogens is 416 g/mol. The molecule has 0 saturated heterocycles. The Bertz CT molecular complexity index is 1030. The van der Waals surface area contributed by atoms with Gasteiger partial charge in [0.1, 0.15) is 12.3 Å². The van der Waals surface area contributed by atoms with Crippen LogP contribution in [0.15, 0.2) is 18.2 Å². The fourth-order valence-corrected chi connectivity index (χ4v) is 4.90. The van der Waals surface area contributed by atoms with Crippen LogP contribution in [0.5, 0.6) is 5.75 Å². The maximum absolute atomic E-state index is 12.8. The lowest BCUT2D eigenvalue weighted by Crippen LogP contribution is -2.47. The van der Waals surface area contributed by atoms with E-state index in [0.717, 1.165) is 36.5 Å². The number of ketones is 1. The molecule has 4 rings (SSSR count). The van der Waals surface area contributed by atoms with Gasteiger partial charge < -0.3 is 15.0 Å². The predicted molar refractivity (Wildman–Crippen MR) is 119 cm³/mol. The number of fused-ring (bicyclic) bond motifs is 2. The monoisotopic (exact) mass is 442 g/mol. The van der Waals surface area contributed by atoms with Crippen molar-refractivity contribution in [2.75, 3.05) is 30.4 Å². The van der Waals surface area contributed by atoms with Crippen molar-refractivity contribution in [3.8, 4) is 5.75 Å². The Morgan fingerprint density at radius 2 is 2.16 bits per heavy atom. The molecule has 1 aromatic carbocycles. The number of nitrogens with zero attached hydrogens (tertiary/aromatic N) is 3. The summed E-state index contributed by atoms with van der Waals surface area (Å²) in [5.41, 5.74) is 1.98. The summed E-state index contributed by atoms with van der Waals surface area (Å²) >= 11 is 1.47. The summed E-state index contributed by atoms with van der Waals surface area (Å²) in [6, 6.07) is 5.04. The molecule has 1 aromatic heterocycles. The van der Waals surface area contributed by atoms with Crippen LogP contribution in [0.4, 0.5) is 10.8 Å². The van der Waals surface area contributed by atoms with E-state index in [9.17, 15) is 14.4 Å². The Kier molecular flexibility index (Phi) is 6.06. The van der Waals surface area contributed by atoms with Gasteiger partial charge in [-0.15, -0.1) is 11.3 Å². The number of nitrogens with one attached hydrogen (secondary N) is 1. The minimum Gasteiger partial charge on any atom is -0.479 e. The van der Waals surface area contributed by atoms with Gasteiger partial charge in [0.05, 0.1) is 11.4 Å². The maximum Gasteiger partial charge on any atom is 0.268 e. The molecule has 0 aliphatic carbocycles. The van der Waals surface area contributed by atoms with Crippen LogP contribution in [0, 0.1) is 0 Å². The molecule has 164 valence electrons. The molecule has 0 spiro atoms. The van der Waals surface area contributed by atoms with E-state index < -0.39 is 6.10 Å². The summed E-state index contributed by atoms with van der Waals surface area (Å²) in [7, 11) is 2.06. The van der Waals surface area contributed by atoms with Crippen LogP contribution in [0.1, 0.15) is 47.6 Å². The Morgan fingerprint density at radius 1 is 1.35 bits per heavy atom. The van der Waals surface area contributed by atoms with Gasteiger partial charge in [-0.05, 0) is 38.6 Å². The van der Waals surface area contributed by atoms with Crippen molar-refractivity contribution in [1.29, 1.82) is 0 Å². The van der Waals surface area contributed by atoms with E-state index in [2.05, 4.69) is 22.2 Å². The highest BCUT2D eigenvalue weighted by Crippen LogP contribution is 2.35. The number of benzene rings is 1. The molecule has 1 unspecified atom stereocenters. The average Bonchev–Trinajstić information content (AvgIpc) is 3.12. The lowest BCUT2D eigenvalue weighted by Gasteiger charge is -2.32. The van der Waals surface area contributed by atoms with Crippen LogP contribution in [0.2, 0.25) is 0 Å². The number of carbonyl (C=O) groups is 3. The van der Waals surface area contributed by atoms with Gasteiger partial charge in [0.15, 0.2) is 17.0 Å². The van der Waals surface area contributed by atoms with Gasteiger partial charge in [-0.1, -0.05) is 6.92 Å². The largest absolute Gasteiger partial charge is 0.479 e. The number of hydrogen-bond donors (Lipinski definition) is 1. The second kappa shape index (κ2) is 8.76. The maximum atomic E-state index is 12.8. The van der Waals surface area contributed by atoms with Crippen molar-refractivity contribution in [2.45, 2.75) is 45.8 Å². The van der Waals surface area contributed by atoms with Crippen molar-refractivity contribution < 1.29 is 19.1 Å². The zero-order valence-electron chi connectivity index (χ0n) is 17.9. The minimum absolute atomic E-state index is 0.000827. The highest BCUT2D eigenvalue weighted by molar-refractivity contribution is 7.15. The molecular formula is C22H26N4O4S. The normalized spacial score (nSPS) is 18.2. The van der Waals surface area contributed by atoms with E-state index in [1.165, 1.54) is 16.2 Å². The first-order valence-electron chi connectivity index (χ1n) is 10.5. The van der Waals surface area contributed by atoms with Gasteiger partial charge in [-0.25, -0.2) is 4.98 Å². The summed E-state index contributed by atoms with van der Waals surface area (Å²) in [5, 5.41) is 3.38. The van der Waals surface area contributed by atoms with Crippen LogP contribution in [0.3, 0.4) is 0 Å². The standard InChI is InChI=1S/C22H26N4O4S/c1-4-5-17(27)14-6-7-18-16(10-14)26(21(29)13(2)30-18)12-20(28)24-22-23-15-8-9-25(3)11-19(15)31-22/h6-7,10,13H,4-5,8-9,11-12H2,1-3H3,(H,23,24,28). The van der Waals surface area contributed by atoms with Crippen LogP contribution >= 0.6 is 11.3 Å². The molecule has 1 atom stereocenters. The first-order chi connectivity index (χ1) is 14.9. The molecule has 0 fully saturated rings. The molecule has 8 nitrogen and oxygen atoms in total. The van der Waals surface area contributed by atoms with Gasteiger partial charge in [0, 0.05) is 36.4 Å². The van der Waals surface area contributed by atoms with E-state index >= 15 is 0 Å². The van der Waals surface area contributed by atoms with Crippen molar-refractivity contribution in [3.63, 3.8) is 0 Å². The number of amides is 2. The zero-order chi connectivity index (χ0) is 22.1. The summed E-state index contributed by atoms with van der Waals surface area (Å²) in [5.74, 6) is -0.166. The molecule has 0 saturated carbocycles. The fourth-order valence-electron chi connectivity index (χ4n) is 3.79. The molecule has 31 heavy (non-hydrogen) atoms. The third kappa shape index (κ3) is 4.47. The van der Waals surface area contributed by atoms with Crippen LogP contribution < -0.4 is 15.0 Å². The Hall–Kier alpha value is -2.78. The van der Waals surface area contributed by atoms with E-state index in [4.69, 9.17) is 4.74 Å².